The molecule has 7 nitrogen and oxygen atoms in total. The number of rotatable bonds is 3. The zero-order valence-electron chi connectivity index (χ0n) is 9.84. The molecule has 7 heteroatoms. The number of hydrogen-bond donors (Lipinski definition) is 1. The van der Waals surface area contributed by atoms with Crippen LogP contribution in [-0.4, -0.2) is 22.8 Å². The van der Waals surface area contributed by atoms with Gasteiger partial charge in [0.25, 0.3) is 0 Å². The zero-order valence-corrected chi connectivity index (χ0v) is 9.84. The standard InChI is InChI=1S/C11H11N3O4/c1-6-5-7(3-4-8(6)9(12)15)14-11(16)18-10(13-14)17-2/h3-5H,1-2H3,(H2,12,15). The molecule has 0 aliphatic carbocycles. The highest BCUT2D eigenvalue weighted by Gasteiger charge is 2.12. The number of carbonyl (C=O) groups excluding carboxylic acids is 1. The van der Waals surface area contributed by atoms with Gasteiger partial charge in [-0.15, -0.1) is 0 Å². The van der Waals surface area contributed by atoms with Crippen LogP contribution in [0, 0.1) is 6.92 Å². The molecule has 1 heterocycles. The number of amides is 1. The lowest BCUT2D eigenvalue weighted by molar-refractivity contribution is 0.0999. The summed E-state index contributed by atoms with van der Waals surface area (Å²) >= 11 is 0. The first kappa shape index (κ1) is 11.9. The van der Waals surface area contributed by atoms with Gasteiger partial charge in [-0.25, -0.2) is 4.79 Å². The van der Waals surface area contributed by atoms with Crippen LogP contribution in [-0.2, 0) is 0 Å². The van der Waals surface area contributed by atoms with E-state index < -0.39 is 11.7 Å². The van der Waals surface area contributed by atoms with E-state index in [1.165, 1.54) is 13.2 Å². The Kier molecular flexibility index (Phi) is 2.88. The van der Waals surface area contributed by atoms with Gasteiger partial charge in [0.1, 0.15) is 0 Å². The van der Waals surface area contributed by atoms with Crippen LogP contribution in [0.2, 0.25) is 0 Å². The molecule has 0 aliphatic heterocycles. The molecule has 1 aromatic carbocycles. The molecule has 2 aromatic rings. The van der Waals surface area contributed by atoms with Crippen LogP contribution in [0.1, 0.15) is 15.9 Å². The second-order valence-corrected chi connectivity index (χ2v) is 3.61. The van der Waals surface area contributed by atoms with Crippen LogP contribution in [0.5, 0.6) is 6.08 Å². The molecule has 1 aromatic heterocycles. The van der Waals surface area contributed by atoms with Gasteiger partial charge in [0, 0.05) is 5.56 Å². The van der Waals surface area contributed by atoms with Crippen molar-refractivity contribution >= 4 is 5.91 Å². The lowest BCUT2D eigenvalue weighted by atomic mass is 10.1. The van der Waals surface area contributed by atoms with E-state index in [-0.39, 0.29) is 6.08 Å². The van der Waals surface area contributed by atoms with E-state index in [1.54, 1.807) is 19.1 Å². The van der Waals surface area contributed by atoms with Gasteiger partial charge in [-0.05, 0) is 30.7 Å². The van der Waals surface area contributed by atoms with Gasteiger partial charge in [-0.1, -0.05) is 5.10 Å². The van der Waals surface area contributed by atoms with Gasteiger partial charge < -0.3 is 14.9 Å². The Morgan fingerprint density at radius 2 is 2.22 bits per heavy atom. The number of nitrogens with zero attached hydrogens (tertiary/aromatic N) is 2. The summed E-state index contributed by atoms with van der Waals surface area (Å²) in [6.45, 7) is 1.71. The number of methoxy groups -OCH3 is 1. The van der Waals surface area contributed by atoms with Crippen LogP contribution < -0.4 is 16.2 Å². The molecule has 0 aliphatic rings. The van der Waals surface area contributed by atoms with Gasteiger partial charge in [0.15, 0.2) is 0 Å². The average Bonchev–Trinajstić information content (AvgIpc) is 2.70. The molecule has 0 atom stereocenters. The van der Waals surface area contributed by atoms with E-state index in [9.17, 15) is 9.59 Å². The lowest BCUT2D eigenvalue weighted by Crippen LogP contribution is -2.16. The average molecular weight is 249 g/mol. The molecular formula is C11H11N3O4. The first-order valence-electron chi connectivity index (χ1n) is 5.08. The summed E-state index contributed by atoms with van der Waals surface area (Å²) in [4.78, 5) is 22.6. The number of aromatic nitrogens is 2. The van der Waals surface area contributed by atoms with E-state index in [4.69, 9.17) is 14.9 Å². The number of benzene rings is 1. The van der Waals surface area contributed by atoms with Gasteiger partial charge in [-0.2, -0.15) is 4.68 Å². The molecular weight excluding hydrogens is 238 g/mol. The highest BCUT2D eigenvalue weighted by atomic mass is 16.6. The lowest BCUT2D eigenvalue weighted by Gasteiger charge is -2.04. The summed E-state index contributed by atoms with van der Waals surface area (Å²) in [7, 11) is 1.34. The summed E-state index contributed by atoms with van der Waals surface area (Å²) in [6, 6.07) is 4.69. The molecule has 0 spiro atoms. The zero-order chi connectivity index (χ0) is 13.3. The maximum Gasteiger partial charge on any atom is 0.444 e. The fourth-order valence-corrected chi connectivity index (χ4v) is 1.56. The minimum atomic E-state index is -0.668. The smallest absolute Gasteiger partial charge is 0.444 e. The minimum absolute atomic E-state index is 0.128. The third kappa shape index (κ3) is 1.97. The maximum atomic E-state index is 11.5. The van der Waals surface area contributed by atoms with E-state index in [2.05, 4.69) is 5.10 Å². The molecule has 1 amide bonds. The summed E-state index contributed by atoms with van der Waals surface area (Å²) in [5, 5.41) is 3.81. The number of hydrogen-bond acceptors (Lipinski definition) is 5. The van der Waals surface area contributed by atoms with E-state index in [0.717, 1.165) is 4.68 Å². The fourth-order valence-electron chi connectivity index (χ4n) is 1.56. The second kappa shape index (κ2) is 4.36. The monoisotopic (exact) mass is 249 g/mol. The molecule has 0 radical (unpaired) electrons. The van der Waals surface area contributed by atoms with E-state index in [1.807, 2.05) is 0 Å². The van der Waals surface area contributed by atoms with Gasteiger partial charge in [-0.3, -0.25) is 4.79 Å². The highest BCUT2D eigenvalue weighted by Crippen LogP contribution is 2.14. The van der Waals surface area contributed by atoms with Gasteiger partial charge >= 0.3 is 11.8 Å². The Morgan fingerprint density at radius 1 is 1.50 bits per heavy atom. The van der Waals surface area contributed by atoms with Crippen LogP contribution >= 0.6 is 0 Å². The Balaban J connectivity index is 2.52. The first-order valence-corrected chi connectivity index (χ1v) is 5.08. The molecule has 94 valence electrons. The molecule has 2 N–H and O–H groups in total. The molecule has 0 fully saturated rings. The summed E-state index contributed by atoms with van der Waals surface area (Å²) < 4.78 is 10.5. The quantitative estimate of drug-likeness (QED) is 0.839. The Labute approximate surface area is 102 Å². The van der Waals surface area contributed by atoms with Crippen molar-refractivity contribution in [1.82, 2.24) is 9.78 Å². The normalized spacial score (nSPS) is 10.3. The van der Waals surface area contributed by atoms with Crippen molar-refractivity contribution in [1.29, 1.82) is 0 Å². The molecule has 0 unspecified atom stereocenters. The minimum Gasteiger partial charge on any atom is -0.452 e. The van der Waals surface area contributed by atoms with Gasteiger partial charge in [0.2, 0.25) is 5.91 Å². The number of carbonyl (C=O) groups is 1. The van der Waals surface area contributed by atoms with Crippen LogP contribution in [0.25, 0.3) is 5.69 Å². The topological polar surface area (TPSA) is 100 Å². The molecule has 0 bridgehead atoms. The predicted molar refractivity (Wildman–Crippen MR) is 61.9 cm³/mol. The van der Waals surface area contributed by atoms with Crippen molar-refractivity contribution in [2.24, 2.45) is 5.73 Å². The van der Waals surface area contributed by atoms with E-state index in [0.29, 0.717) is 16.8 Å². The van der Waals surface area contributed by atoms with Crippen molar-refractivity contribution < 1.29 is 13.9 Å². The number of nitrogens with two attached hydrogens (primary N) is 1. The highest BCUT2D eigenvalue weighted by molar-refractivity contribution is 5.94. The molecule has 2 rings (SSSR count). The third-order valence-electron chi connectivity index (χ3n) is 2.42. The molecule has 0 saturated heterocycles. The Morgan fingerprint density at radius 3 is 2.72 bits per heavy atom. The number of primary amides is 1. The first-order chi connectivity index (χ1) is 8.52. The van der Waals surface area contributed by atoms with Crippen LogP contribution in [0.4, 0.5) is 0 Å². The Bertz CT molecular complexity index is 657. The third-order valence-corrected chi connectivity index (χ3v) is 2.42. The van der Waals surface area contributed by atoms with Gasteiger partial charge in [0.05, 0.1) is 12.8 Å². The largest absolute Gasteiger partial charge is 0.452 e. The summed E-state index contributed by atoms with van der Waals surface area (Å²) in [6.07, 6.45) is -0.128. The molecule has 0 saturated carbocycles. The number of aryl methyl sites for hydroxylation is 1. The number of ether oxygens (including phenoxy) is 1. The van der Waals surface area contributed by atoms with Crippen LogP contribution in [0.3, 0.4) is 0 Å². The Hall–Kier alpha value is -2.57. The van der Waals surface area contributed by atoms with E-state index >= 15 is 0 Å². The predicted octanol–water partition coefficient (Wildman–Crippen LogP) is 0.241. The summed E-state index contributed by atoms with van der Waals surface area (Å²) in [5.74, 6) is -1.19. The van der Waals surface area contributed by atoms with Crippen molar-refractivity contribution in [2.45, 2.75) is 6.92 Å². The summed E-state index contributed by atoms with van der Waals surface area (Å²) in [5.41, 5.74) is 6.70. The fraction of sp³-hybridized carbons (Fsp3) is 0.182. The van der Waals surface area contributed by atoms with Crippen molar-refractivity contribution in [3.05, 3.63) is 39.9 Å². The molecule has 18 heavy (non-hydrogen) atoms. The maximum absolute atomic E-state index is 11.5. The van der Waals surface area contributed by atoms with Crippen molar-refractivity contribution in [3.63, 3.8) is 0 Å². The SMILES string of the molecule is COc1nn(-c2ccc(C(N)=O)c(C)c2)c(=O)o1. The van der Waals surface area contributed by atoms with Crippen LogP contribution in [0.15, 0.2) is 27.4 Å². The van der Waals surface area contributed by atoms with Crippen molar-refractivity contribution in [3.8, 4) is 11.8 Å². The van der Waals surface area contributed by atoms with Crippen molar-refractivity contribution in [2.75, 3.05) is 7.11 Å². The second-order valence-electron chi connectivity index (χ2n) is 3.61.